The van der Waals surface area contributed by atoms with Crippen LogP contribution >= 0.6 is 11.3 Å². The third-order valence-corrected chi connectivity index (χ3v) is 6.17. The molecule has 0 saturated carbocycles. The van der Waals surface area contributed by atoms with Gasteiger partial charge in [0, 0.05) is 38.2 Å². The van der Waals surface area contributed by atoms with Crippen molar-refractivity contribution >= 4 is 38.5 Å². The SMILES string of the molecule is CN1CCN(C(=O)c2ccc3nc(NC(=O)CCCOc4ccccc4)sc3c2)CC1. The van der Waals surface area contributed by atoms with E-state index in [-0.39, 0.29) is 11.8 Å². The average Bonchev–Trinajstić information content (AvgIpc) is 3.19. The Bertz CT molecular complexity index is 1050. The Morgan fingerprint density at radius 3 is 2.65 bits per heavy atom. The van der Waals surface area contributed by atoms with Crippen LogP contribution in [-0.4, -0.2) is 66.4 Å². The fraction of sp³-hybridized carbons (Fsp3) is 0.348. The van der Waals surface area contributed by atoms with Gasteiger partial charge in [-0.3, -0.25) is 9.59 Å². The van der Waals surface area contributed by atoms with Gasteiger partial charge in [0.2, 0.25) is 5.91 Å². The molecule has 1 aromatic heterocycles. The molecule has 1 fully saturated rings. The Balaban J connectivity index is 1.30. The first kappa shape index (κ1) is 21.3. The van der Waals surface area contributed by atoms with Gasteiger partial charge in [-0.2, -0.15) is 0 Å². The molecule has 0 spiro atoms. The van der Waals surface area contributed by atoms with Gasteiger partial charge in [0.1, 0.15) is 5.75 Å². The number of benzene rings is 2. The summed E-state index contributed by atoms with van der Waals surface area (Å²) in [6.07, 6.45) is 0.977. The number of carbonyl (C=O) groups excluding carboxylic acids is 2. The third kappa shape index (κ3) is 5.59. The van der Waals surface area contributed by atoms with Gasteiger partial charge in [-0.15, -0.1) is 0 Å². The van der Waals surface area contributed by atoms with Crippen LogP contribution in [0.3, 0.4) is 0 Å². The third-order valence-electron chi connectivity index (χ3n) is 5.23. The van der Waals surface area contributed by atoms with Crippen molar-refractivity contribution in [2.45, 2.75) is 12.8 Å². The van der Waals surface area contributed by atoms with E-state index < -0.39 is 0 Å². The van der Waals surface area contributed by atoms with Gasteiger partial charge < -0.3 is 19.9 Å². The highest BCUT2D eigenvalue weighted by molar-refractivity contribution is 7.22. The fourth-order valence-electron chi connectivity index (χ4n) is 3.42. The predicted octanol–water partition coefficient (Wildman–Crippen LogP) is 3.48. The summed E-state index contributed by atoms with van der Waals surface area (Å²) in [5.41, 5.74) is 1.44. The molecule has 1 aliphatic heterocycles. The predicted molar refractivity (Wildman–Crippen MR) is 123 cm³/mol. The zero-order chi connectivity index (χ0) is 21.6. The van der Waals surface area contributed by atoms with Crippen molar-refractivity contribution < 1.29 is 14.3 Å². The number of thiazole rings is 1. The minimum Gasteiger partial charge on any atom is -0.494 e. The lowest BCUT2D eigenvalue weighted by atomic mass is 10.1. The van der Waals surface area contributed by atoms with Crippen LogP contribution in [0.15, 0.2) is 48.5 Å². The maximum absolute atomic E-state index is 12.8. The highest BCUT2D eigenvalue weighted by atomic mass is 32.1. The highest BCUT2D eigenvalue weighted by Gasteiger charge is 2.21. The normalized spacial score (nSPS) is 14.5. The Labute approximate surface area is 185 Å². The number of nitrogens with zero attached hydrogens (tertiary/aromatic N) is 3. The molecule has 0 unspecified atom stereocenters. The van der Waals surface area contributed by atoms with Crippen molar-refractivity contribution in [1.29, 1.82) is 0 Å². The van der Waals surface area contributed by atoms with E-state index in [1.165, 1.54) is 11.3 Å². The molecule has 1 aliphatic rings. The molecule has 1 saturated heterocycles. The van der Waals surface area contributed by atoms with Gasteiger partial charge in [-0.25, -0.2) is 4.98 Å². The summed E-state index contributed by atoms with van der Waals surface area (Å²) in [4.78, 5) is 33.6. The maximum atomic E-state index is 12.8. The second-order valence-corrected chi connectivity index (χ2v) is 8.64. The molecule has 1 N–H and O–H groups in total. The molecule has 0 bridgehead atoms. The molecule has 0 atom stereocenters. The molecular weight excluding hydrogens is 412 g/mol. The maximum Gasteiger partial charge on any atom is 0.253 e. The molecule has 0 aliphatic carbocycles. The Hall–Kier alpha value is -2.97. The number of rotatable bonds is 7. The zero-order valence-corrected chi connectivity index (χ0v) is 18.4. The van der Waals surface area contributed by atoms with Gasteiger partial charge >= 0.3 is 0 Å². The largest absolute Gasteiger partial charge is 0.494 e. The molecule has 2 aromatic carbocycles. The number of fused-ring (bicyclic) bond motifs is 1. The van der Waals surface area contributed by atoms with Crippen LogP contribution in [0.4, 0.5) is 5.13 Å². The zero-order valence-electron chi connectivity index (χ0n) is 17.5. The van der Waals surface area contributed by atoms with E-state index in [9.17, 15) is 9.59 Å². The van der Waals surface area contributed by atoms with Gasteiger partial charge in [0.05, 0.1) is 16.8 Å². The number of anilines is 1. The van der Waals surface area contributed by atoms with Gasteiger partial charge in [-0.05, 0) is 43.8 Å². The van der Waals surface area contributed by atoms with E-state index in [0.29, 0.717) is 30.1 Å². The second kappa shape index (κ2) is 9.89. The number of nitrogens with one attached hydrogen (secondary N) is 1. The summed E-state index contributed by atoms with van der Waals surface area (Å²) in [6.45, 7) is 3.74. The van der Waals surface area contributed by atoms with E-state index in [1.54, 1.807) is 0 Å². The lowest BCUT2D eigenvalue weighted by Crippen LogP contribution is -2.47. The van der Waals surface area contributed by atoms with Crippen molar-refractivity contribution in [1.82, 2.24) is 14.8 Å². The quantitative estimate of drug-likeness (QED) is 0.572. The summed E-state index contributed by atoms with van der Waals surface area (Å²) < 4.78 is 6.51. The number of carbonyl (C=O) groups is 2. The summed E-state index contributed by atoms with van der Waals surface area (Å²) in [7, 11) is 2.07. The molecule has 7 nitrogen and oxygen atoms in total. The number of hydrogen-bond donors (Lipinski definition) is 1. The van der Waals surface area contributed by atoms with E-state index in [0.717, 1.165) is 42.1 Å². The topological polar surface area (TPSA) is 74.8 Å². The number of amides is 2. The molecule has 0 radical (unpaired) electrons. The summed E-state index contributed by atoms with van der Waals surface area (Å²) in [5, 5.41) is 3.41. The van der Waals surface area contributed by atoms with Gasteiger partial charge in [-0.1, -0.05) is 29.5 Å². The number of likely N-dealkylation sites (N-methyl/N-ethyl adjacent to an activating group) is 1. The molecule has 3 aromatic rings. The van der Waals surface area contributed by atoms with Crippen molar-refractivity contribution in [2.75, 3.05) is 45.2 Å². The van der Waals surface area contributed by atoms with Crippen LogP contribution < -0.4 is 10.1 Å². The van der Waals surface area contributed by atoms with Crippen LogP contribution in [0.1, 0.15) is 23.2 Å². The lowest BCUT2D eigenvalue weighted by molar-refractivity contribution is -0.116. The molecule has 2 amide bonds. The molecule has 2 heterocycles. The van der Waals surface area contributed by atoms with Crippen molar-refractivity contribution in [2.24, 2.45) is 0 Å². The minimum absolute atomic E-state index is 0.0485. The second-order valence-electron chi connectivity index (χ2n) is 7.61. The molecular formula is C23H26N4O3S. The molecule has 4 rings (SSSR count). The van der Waals surface area contributed by atoms with Crippen LogP contribution in [0.5, 0.6) is 5.75 Å². The van der Waals surface area contributed by atoms with E-state index in [2.05, 4.69) is 22.2 Å². The number of hydrogen-bond acceptors (Lipinski definition) is 6. The van der Waals surface area contributed by atoms with Crippen molar-refractivity contribution in [3.8, 4) is 5.75 Å². The van der Waals surface area contributed by atoms with E-state index >= 15 is 0 Å². The Morgan fingerprint density at radius 1 is 1.10 bits per heavy atom. The fourth-order valence-corrected chi connectivity index (χ4v) is 4.35. The van der Waals surface area contributed by atoms with E-state index in [4.69, 9.17) is 4.74 Å². The minimum atomic E-state index is -0.0931. The Morgan fingerprint density at radius 2 is 1.87 bits per heavy atom. The molecule has 31 heavy (non-hydrogen) atoms. The van der Waals surface area contributed by atoms with Crippen LogP contribution in [0, 0.1) is 0 Å². The van der Waals surface area contributed by atoms with E-state index in [1.807, 2.05) is 53.4 Å². The van der Waals surface area contributed by atoms with Crippen LogP contribution in [0.25, 0.3) is 10.2 Å². The lowest BCUT2D eigenvalue weighted by Gasteiger charge is -2.32. The first-order valence-electron chi connectivity index (χ1n) is 10.4. The highest BCUT2D eigenvalue weighted by Crippen LogP contribution is 2.27. The Kier molecular flexibility index (Phi) is 6.79. The van der Waals surface area contributed by atoms with Crippen molar-refractivity contribution in [3.05, 3.63) is 54.1 Å². The van der Waals surface area contributed by atoms with Crippen LogP contribution in [0.2, 0.25) is 0 Å². The van der Waals surface area contributed by atoms with Gasteiger partial charge in [0.25, 0.3) is 5.91 Å². The summed E-state index contributed by atoms with van der Waals surface area (Å²) in [5.74, 6) is 0.757. The summed E-state index contributed by atoms with van der Waals surface area (Å²) >= 11 is 1.39. The standard InChI is InChI=1S/C23H26N4O3S/c1-26-11-13-27(14-12-26)22(29)17-9-10-19-20(16-17)31-23(24-19)25-21(28)8-5-15-30-18-6-3-2-4-7-18/h2-4,6-7,9-10,16H,5,8,11-15H2,1H3,(H,24,25,28). The molecule has 8 heteroatoms. The smallest absolute Gasteiger partial charge is 0.253 e. The number of aromatic nitrogens is 1. The van der Waals surface area contributed by atoms with Crippen molar-refractivity contribution in [3.63, 3.8) is 0 Å². The monoisotopic (exact) mass is 438 g/mol. The number of ether oxygens (including phenoxy) is 1. The average molecular weight is 439 g/mol. The summed E-state index contributed by atoms with van der Waals surface area (Å²) in [6, 6.07) is 15.1. The first-order chi connectivity index (χ1) is 15.1. The first-order valence-corrected chi connectivity index (χ1v) is 11.3. The van der Waals surface area contributed by atoms with Gasteiger partial charge in [0.15, 0.2) is 5.13 Å². The van der Waals surface area contributed by atoms with Crippen LogP contribution in [-0.2, 0) is 4.79 Å². The molecule has 162 valence electrons. The number of para-hydroxylation sites is 1. The number of piperazine rings is 1.